The van der Waals surface area contributed by atoms with Crippen LogP contribution in [0.1, 0.15) is 111 Å². The van der Waals surface area contributed by atoms with Crippen molar-refractivity contribution in [3.8, 4) is 0 Å². The molecule has 0 aliphatic heterocycles. The van der Waals surface area contributed by atoms with Crippen molar-refractivity contribution in [1.29, 1.82) is 0 Å². The summed E-state index contributed by atoms with van der Waals surface area (Å²) in [5.41, 5.74) is 1.13. The van der Waals surface area contributed by atoms with Gasteiger partial charge < -0.3 is 5.11 Å². The first-order chi connectivity index (χ1) is 17.6. The Balaban J connectivity index is 1.33. The molecule has 0 spiro atoms. The van der Waals surface area contributed by atoms with E-state index in [0.29, 0.717) is 29.2 Å². The summed E-state index contributed by atoms with van der Waals surface area (Å²) in [5, 5.41) is 11.1. The number of halogens is 2. The Bertz CT molecular complexity index is 944. The summed E-state index contributed by atoms with van der Waals surface area (Å²) in [6, 6.07) is 4.53. The van der Waals surface area contributed by atoms with Gasteiger partial charge in [-0.3, -0.25) is 0 Å². The number of aliphatic hydroxyl groups is 1. The highest BCUT2D eigenvalue weighted by molar-refractivity contribution is 5.21. The van der Waals surface area contributed by atoms with E-state index in [1.54, 1.807) is 12.1 Å². The lowest BCUT2D eigenvalue weighted by atomic mass is 9.42. The highest BCUT2D eigenvalue weighted by atomic mass is 19.2. The molecule has 1 aromatic carbocycles. The zero-order valence-corrected chi connectivity index (χ0v) is 24.1. The van der Waals surface area contributed by atoms with Gasteiger partial charge >= 0.3 is 0 Å². The number of fused-ring (bicyclic) bond motifs is 5. The molecule has 4 saturated carbocycles. The first kappa shape index (κ1) is 27.6. The van der Waals surface area contributed by atoms with E-state index in [0.717, 1.165) is 48.9 Å². The molecule has 0 bridgehead atoms. The van der Waals surface area contributed by atoms with Crippen LogP contribution in [0.25, 0.3) is 0 Å². The van der Waals surface area contributed by atoms with Crippen LogP contribution in [0, 0.1) is 69.8 Å². The minimum atomic E-state index is -0.768. The lowest BCUT2D eigenvalue weighted by Crippen LogP contribution is -2.57. The summed E-state index contributed by atoms with van der Waals surface area (Å²) in [7, 11) is 0. The molecule has 0 aromatic heterocycles. The average molecular weight is 515 g/mol. The zero-order valence-electron chi connectivity index (χ0n) is 24.1. The molecule has 5 rings (SSSR count). The molecule has 4 aliphatic rings. The second kappa shape index (κ2) is 10.5. The smallest absolute Gasteiger partial charge is 0.162 e. The molecule has 4 aliphatic carbocycles. The second-order valence-electron chi connectivity index (χ2n) is 14.8. The van der Waals surface area contributed by atoms with E-state index in [4.69, 9.17) is 0 Å². The first-order valence-corrected chi connectivity index (χ1v) is 15.7. The van der Waals surface area contributed by atoms with Gasteiger partial charge in [0, 0.05) is 0 Å². The maximum absolute atomic E-state index is 14.6. The Hall–Kier alpha value is -0.960. The number of rotatable bonds is 7. The van der Waals surface area contributed by atoms with E-state index in [1.165, 1.54) is 57.4 Å². The Morgan fingerprint density at radius 1 is 0.865 bits per heavy atom. The standard InChI is InChI=1S/C34H52F2O/c1-21(2)8-6-9-22(3)26-14-15-27-24-12-13-28-25(20-23-10-7-11-30(35)32(23)36)31(37)17-19-34(28,5)29(24)16-18-33(26,27)4/h7,10-11,21-22,24-29,31,37H,6,8-9,12-20H2,1-5H3/t22-,24+,25+,26-,27+,28?,29+,31-,33-,34+/m1/s1. The van der Waals surface area contributed by atoms with Crippen LogP contribution in [0.2, 0.25) is 0 Å². The molecule has 0 heterocycles. The summed E-state index contributed by atoms with van der Waals surface area (Å²) in [6.07, 6.45) is 13.9. The minimum absolute atomic E-state index is 0.0293. The third-order valence-corrected chi connectivity index (χ3v) is 12.6. The molecule has 0 amide bonds. The van der Waals surface area contributed by atoms with Crippen molar-refractivity contribution >= 4 is 0 Å². The van der Waals surface area contributed by atoms with Crippen molar-refractivity contribution < 1.29 is 13.9 Å². The molecule has 37 heavy (non-hydrogen) atoms. The van der Waals surface area contributed by atoms with Gasteiger partial charge in [0.05, 0.1) is 6.10 Å². The Morgan fingerprint density at radius 3 is 2.32 bits per heavy atom. The molecular weight excluding hydrogens is 462 g/mol. The summed E-state index contributed by atoms with van der Waals surface area (Å²) >= 11 is 0. The van der Waals surface area contributed by atoms with Gasteiger partial charge in [0.1, 0.15) is 0 Å². The maximum Gasteiger partial charge on any atom is 0.162 e. The molecule has 208 valence electrons. The van der Waals surface area contributed by atoms with Gasteiger partial charge in [-0.25, -0.2) is 8.78 Å². The Kier molecular flexibility index (Phi) is 7.87. The van der Waals surface area contributed by atoms with Crippen molar-refractivity contribution in [3.05, 3.63) is 35.4 Å². The molecule has 1 aromatic rings. The van der Waals surface area contributed by atoms with Gasteiger partial charge in [0.25, 0.3) is 0 Å². The van der Waals surface area contributed by atoms with Gasteiger partial charge in [-0.1, -0.05) is 66.0 Å². The van der Waals surface area contributed by atoms with Gasteiger partial charge in [0.2, 0.25) is 0 Å². The lowest BCUT2D eigenvalue weighted by molar-refractivity contribution is -0.152. The molecule has 0 saturated heterocycles. The minimum Gasteiger partial charge on any atom is -0.393 e. The molecule has 0 radical (unpaired) electrons. The molecule has 1 unspecified atom stereocenters. The van der Waals surface area contributed by atoms with Crippen molar-refractivity contribution in [2.75, 3.05) is 0 Å². The highest BCUT2D eigenvalue weighted by Crippen LogP contribution is 2.69. The Morgan fingerprint density at radius 2 is 1.57 bits per heavy atom. The molecule has 1 nitrogen and oxygen atoms in total. The average Bonchev–Trinajstić information content (AvgIpc) is 3.21. The van der Waals surface area contributed by atoms with E-state index in [2.05, 4.69) is 34.6 Å². The Labute approximate surface area is 225 Å². The van der Waals surface area contributed by atoms with Crippen LogP contribution in [-0.2, 0) is 6.42 Å². The van der Waals surface area contributed by atoms with Crippen LogP contribution < -0.4 is 0 Å². The fourth-order valence-electron chi connectivity index (χ4n) is 10.8. The predicted octanol–water partition coefficient (Wildman–Crippen LogP) is 9.22. The van der Waals surface area contributed by atoms with Crippen LogP contribution >= 0.6 is 0 Å². The van der Waals surface area contributed by atoms with Gasteiger partial charge in [-0.05, 0) is 128 Å². The van der Waals surface area contributed by atoms with Crippen LogP contribution in [-0.4, -0.2) is 11.2 Å². The third kappa shape index (κ3) is 4.82. The van der Waals surface area contributed by atoms with Crippen molar-refractivity contribution in [1.82, 2.24) is 0 Å². The van der Waals surface area contributed by atoms with Crippen LogP contribution in [0.5, 0.6) is 0 Å². The summed E-state index contributed by atoms with van der Waals surface area (Å²) in [5.74, 6) is 3.80. The summed E-state index contributed by atoms with van der Waals surface area (Å²) in [6.45, 7) is 12.4. The monoisotopic (exact) mass is 514 g/mol. The molecule has 4 fully saturated rings. The number of hydrogen-bond acceptors (Lipinski definition) is 1. The van der Waals surface area contributed by atoms with Gasteiger partial charge in [-0.2, -0.15) is 0 Å². The van der Waals surface area contributed by atoms with Crippen LogP contribution in [0.4, 0.5) is 8.78 Å². The lowest BCUT2D eigenvalue weighted by Gasteiger charge is -2.63. The SMILES string of the molecule is CC(C)CCC[C@@H](C)[C@H]1CC[C@H]2[C@@H]3CCC4[C@H](Cc5cccc(F)c5F)[C@H](O)CC[C@]4(C)[C@H]3CC[C@]12C. The number of hydrogen-bond donors (Lipinski definition) is 1. The number of aliphatic hydroxyl groups excluding tert-OH is 1. The predicted molar refractivity (Wildman–Crippen MR) is 148 cm³/mol. The second-order valence-corrected chi connectivity index (χ2v) is 14.8. The van der Waals surface area contributed by atoms with Gasteiger partial charge in [-0.15, -0.1) is 0 Å². The van der Waals surface area contributed by atoms with Crippen molar-refractivity contribution in [3.63, 3.8) is 0 Å². The molecule has 1 N–H and O–H groups in total. The molecule has 3 heteroatoms. The molecular formula is C34H52F2O. The summed E-state index contributed by atoms with van der Waals surface area (Å²) < 4.78 is 28.6. The topological polar surface area (TPSA) is 20.2 Å². The quantitative estimate of drug-likeness (QED) is 0.384. The maximum atomic E-state index is 14.6. The normalized spacial score (nSPS) is 42.2. The van der Waals surface area contributed by atoms with Crippen molar-refractivity contribution in [2.45, 2.75) is 118 Å². The third-order valence-electron chi connectivity index (χ3n) is 12.6. The zero-order chi connectivity index (χ0) is 26.5. The van der Waals surface area contributed by atoms with Gasteiger partial charge in [0.15, 0.2) is 11.6 Å². The van der Waals surface area contributed by atoms with Crippen molar-refractivity contribution in [2.24, 2.45) is 58.2 Å². The van der Waals surface area contributed by atoms with Crippen LogP contribution in [0.3, 0.4) is 0 Å². The highest BCUT2D eigenvalue weighted by Gasteiger charge is 2.61. The van der Waals surface area contributed by atoms with E-state index in [-0.39, 0.29) is 11.3 Å². The van der Waals surface area contributed by atoms with E-state index < -0.39 is 17.7 Å². The van der Waals surface area contributed by atoms with E-state index in [1.807, 2.05) is 0 Å². The largest absolute Gasteiger partial charge is 0.393 e. The molecule has 10 atom stereocenters. The fourth-order valence-corrected chi connectivity index (χ4v) is 10.8. The van der Waals surface area contributed by atoms with Crippen LogP contribution in [0.15, 0.2) is 18.2 Å². The van der Waals surface area contributed by atoms with E-state index >= 15 is 0 Å². The number of benzene rings is 1. The summed E-state index contributed by atoms with van der Waals surface area (Å²) in [4.78, 5) is 0. The van der Waals surface area contributed by atoms with E-state index in [9.17, 15) is 13.9 Å². The first-order valence-electron chi connectivity index (χ1n) is 15.7. The fraction of sp³-hybridized carbons (Fsp3) is 0.824.